The van der Waals surface area contributed by atoms with Gasteiger partial charge in [0.25, 0.3) is 0 Å². The van der Waals surface area contributed by atoms with Gasteiger partial charge in [0.1, 0.15) is 0 Å². The maximum absolute atomic E-state index is 12.0. The lowest BCUT2D eigenvalue weighted by atomic mass is 9.97. The zero-order chi connectivity index (χ0) is 14.2. The Morgan fingerprint density at radius 1 is 1.10 bits per heavy atom. The smallest absolute Gasteiger partial charge is 0.238 e. The van der Waals surface area contributed by atoms with Crippen molar-refractivity contribution >= 4 is 34.2 Å². The van der Waals surface area contributed by atoms with Crippen LogP contribution in [0.3, 0.4) is 0 Å². The molecule has 20 heavy (non-hydrogen) atoms. The molecule has 0 unspecified atom stereocenters. The van der Waals surface area contributed by atoms with Gasteiger partial charge in [-0.15, -0.1) is 0 Å². The molecule has 110 valence electrons. The van der Waals surface area contributed by atoms with Gasteiger partial charge in [-0.2, -0.15) is 0 Å². The van der Waals surface area contributed by atoms with Crippen molar-refractivity contribution in [3.63, 3.8) is 0 Å². The molecule has 1 aliphatic carbocycles. The molecule has 0 aromatic heterocycles. The molecular formula is C16H23IN2O. The van der Waals surface area contributed by atoms with Crippen molar-refractivity contribution < 1.29 is 4.79 Å². The fourth-order valence-electron chi connectivity index (χ4n) is 2.65. The molecule has 1 saturated carbocycles. The SMILES string of the molecule is O=C(CNC1CCCCCCC1)Nc1ccccc1I. The van der Waals surface area contributed by atoms with Crippen LogP contribution in [0.2, 0.25) is 0 Å². The Labute approximate surface area is 135 Å². The number of hydrogen-bond donors (Lipinski definition) is 2. The van der Waals surface area contributed by atoms with E-state index in [1.54, 1.807) is 0 Å². The maximum atomic E-state index is 12.0. The van der Waals surface area contributed by atoms with Crippen LogP contribution in [0.1, 0.15) is 44.9 Å². The highest BCUT2D eigenvalue weighted by molar-refractivity contribution is 14.1. The molecule has 0 bridgehead atoms. The molecule has 1 aliphatic rings. The summed E-state index contributed by atoms with van der Waals surface area (Å²) in [6.45, 7) is 0.412. The van der Waals surface area contributed by atoms with E-state index in [-0.39, 0.29) is 5.91 Å². The van der Waals surface area contributed by atoms with Crippen molar-refractivity contribution in [1.29, 1.82) is 0 Å². The summed E-state index contributed by atoms with van der Waals surface area (Å²) in [6.07, 6.45) is 9.04. The number of carbonyl (C=O) groups excluding carboxylic acids is 1. The lowest BCUT2D eigenvalue weighted by Gasteiger charge is -2.20. The van der Waals surface area contributed by atoms with Crippen molar-refractivity contribution in [3.05, 3.63) is 27.8 Å². The number of anilines is 1. The molecule has 1 fully saturated rings. The Bertz CT molecular complexity index is 428. The molecule has 2 rings (SSSR count). The van der Waals surface area contributed by atoms with Crippen LogP contribution >= 0.6 is 22.6 Å². The first kappa shape index (κ1) is 15.8. The predicted octanol–water partition coefficient (Wildman–Crippen LogP) is 3.93. The van der Waals surface area contributed by atoms with E-state index in [2.05, 4.69) is 33.2 Å². The minimum absolute atomic E-state index is 0.0520. The van der Waals surface area contributed by atoms with Gasteiger partial charge in [0.05, 0.1) is 12.2 Å². The van der Waals surface area contributed by atoms with E-state index in [1.807, 2.05) is 24.3 Å². The third-order valence-corrected chi connectivity index (χ3v) is 4.75. The molecule has 0 saturated heterocycles. The van der Waals surface area contributed by atoms with E-state index in [9.17, 15) is 4.79 Å². The molecule has 1 amide bonds. The summed E-state index contributed by atoms with van der Waals surface area (Å²) < 4.78 is 1.07. The highest BCUT2D eigenvalue weighted by Gasteiger charge is 2.12. The first-order chi connectivity index (χ1) is 9.75. The van der Waals surface area contributed by atoms with E-state index in [1.165, 1.54) is 44.9 Å². The van der Waals surface area contributed by atoms with Crippen LogP contribution in [0, 0.1) is 3.57 Å². The Morgan fingerprint density at radius 3 is 2.45 bits per heavy atom. The third kappa shape index (κ3) is 5.40. The monoisotopic (exact) mass is 386 g/mol. The van der Waals surface area contributed by atoms with E-state index >= 15 is 0 Å². The van der Waals surface area contributed by atoms with Crippen molar-refractivity contribution in [1.82, 2.24) is 5.32 Å². The topological polar surface area (TPSA) is 41.1 Å². The highest BCUT2D eigenvalue weighted by Crippen LogP contribution is 2.18. The molecule has 0 atom stereocenters. The summed E-state index contributed by atoms with van der Waals surface area (Å²) in [7, 11) is 0. The molecule has 0 aliphatic heterocycles. The minimum atomic E-state index is 0.0520. The lowest BCUT2D eigenvalue weighted by Crippen LogP contribution is -2.36. The van der Waals surface area contributed by atoms with Crippen LogP contribution < -0.4 is 10.6 Å². The Balaban J connectivity index is 1.75. The Morgan fingerprint density at radius 2 is 1.75 bits per heavy atom. The van der Waals surface area contributed by atoms with Gasteiger partial charge in [0.2, 0.25) is 5.91 Å². The van der Waals surface area contributed by atoms with Crippen LogP contribution in [0.4, 0.5) is 5.69 Å². The fraction of sp³-hybridized carbons (Fsp3) is 0.562. The normalized spacial score (nSPS) is 17.2. The zero-order valence-electron chi connectivity index (χ0n) is 11.8. The zero-order valence-corrected chi connectivity index (χ0v) is 14.0. The molecule has 0 heterocycles. The molecule has 1 aromatic carbocycles. The Kier molecular flexibility index (Phi) is 6.79. The number of halogens is 1. The number of para-hydroxylation sites is 1. The second-order valence-electron chi connectivity index (χ2n) is 5.45. The average Bonchev–Trinajstić information content (AvgIpc) is 2.40. The van der Waals surface area contributed by atoms with Gasteiger partial charge in [-0.05, 0) is 47.6 Å². The predicted molar refractivity (Wildman–Crippen MR) is 91.9 cm³/mol. The maximum Gasteiger partial charge on any atom is 0.238 e. The van der Waals surface area contributed by atoms with Gasteiger partial charge in [-0.1, -0.05) is 44.2 Å². The van der Waals surface area contributed by atoms with Crippen molar-refractivity contribution in [3.8, 4) is 0 Å². The van der Waals surface area contributed by atoms with Crippen LogP contribution in [0.15, 0.2) is 24.3 Å². The summed E-state index contributed by atoms with van der Waals surface area (Å²) >= 11 is 2.24. The van der Waals surface area contributed by atoms with Crippen molar-refractivity contribution in [2.24, 2.45) is 0 Å². The van der Waals surface area contributed by atoms with Crippen molar-refractivity contribution in [2.45, 2.75) is 51.0 Å². The summed E-state index contributed by atoms with van der Waals surface area (Å²) in [5, 5.41) is 6.38. The third-order valence-electron chi connectivity index (χ3n) is 3.80. The highest BCUT2D eigenvalue weighted by atomic mass is 127. The lowest BCUT2D eigenvalue weighted by molar-refractivity contribution is -0.115. The van der Waals surface area contributed by atoms with Gasteiger partial charge in [-0.25, -0.2) is 0 Å². The van der Waals surface area contributed by atoms with E-state index in [4.69, 9.17) is 0 Å². The van der Waals surface area contributed by atoms with E-state index < -0.39 is 0 Å². The molecule has 0 spiro atoms. The number of amides is 1. The first-order valence-corrected chi connectivity index (χ1v) is 8.61. The summed E-state index contributed by atoms with van der Waals surface area (Å²) in [5.41, 5.74) is 0.901. The van der Waals surface area contributed by atoms with Gasteiger partial charge < -0.3 is 10.6 Å². The van der Waals surface area contributed by atoms with Gasteiger partial charge in [0.15, 0.2) is 0 Å². The molecule has 2 N–H and O–H groups in total. The van der Waals surface area contributed by atoms with Gasteiger partial charge >= 0.3 is 0 Å². The largest absolute Gasteiger partial charge is 0.324 e. The van der Waals surface area contributed by atoms with E-state index in [0.29, 0.717) is 12.6 Å². The van der Waals surface area contributed by atoms with Gasteiger partial charge in [-0.3, -0.25) is 4.79 Å². The van der Waals surface area contributed by atoms with Crippen LogP contribution in [-0.2, 0) is 4.79 Å². The number of rotatable bonds is 4. The summed E-state index contributed by atoms with van der Waals surface area (Å²) in [6, 6.07) is 8.37. The van der Waals surface area contributed by atoms with Crippen molar-refractivity contribution in [2.75, 3.05) is 11.9 Å². The standard InChI is InChI=1S/C16H23IN2O/c17-14-10-6-7-11-15(14)19-16(20)12-18-13-8-4-2-1-3-5-9-13/h6-7,10-11,13,18H,1-5,8-9,12H2,(H,19,20). The number of nitrogens with one attached hydrogen (secondary N) is 2. The molecule has 4 heteroatoms. The molecule has 3 nitrogen and oxygen atoms in total. The second kappa shape index (κ2) is 8.62. The van der Waals surface area contributed by atoms with E-state index in [0.717, 1.165) is 9.26 Å². The van der Waals surface area contributed by atoms with Crippen LogP contribution in [0.5, 0.6) is 0 Å². The molecule has 0 radical (unpaired) electrons. The second-order valence-corrected chi connectivity index (χ2v) is 6.61. The summed E-state index contributed by atoms with van der Waals surface area (Å²) in [4.78, 5) is 12.0. The molecular weight excluding hydrogens is 363 g/mol. The number of benzene rings is 1. The van der Waals surface area contributed by atoms with Crippen LogP contribution in [-0.4, -0.2) is 18.5 Å². The average molecular weight is 386 g/mol. The minimum Gasteiger partial charge on any atom is -0.324 e. The first-order valence-electron chi connectivity index (χ1n) is 7.53. The molecule has 1 aromatic rings. The summed E-state index contributed by atoms with van der Waals surface area (Å²) in [5.74, 6) is 0.0520. The number of carbonyl (C=O) groups is 1. The van der Waals surface area contributed by atoms with Crippen LogP contribution in [0.25, 0.3) is 0 Å². The van der Waals surface area contributed by atoms with Gasteiger partial charge in [0, 0.05) is 9.61 Å². The quantitative estimate of drug-likeness (QED) is 0.770. The fourth-order valence-corrected chi connectivity index (χ4v) is 3.18. The number of hydrogen-bond acceptors (Lipinski definition) is 2. The Hall–Kier alpha value is -0.620.